The number of piperazine rings is 1. The third kappa shape index (κ3) is 4.16. The first-order chi connectivity index (χ1) is 12.3. The lowest BCUT2D eigenvalue weighted by Gasteiger charge is -2.40. The summed E-state index contributed by atoms with van der Waals surface area (Å²) in [6.07, 6.45) is 3.71. The van der Waals surface area contributed by atoms with Gasteiger partial charge in [0.25, 0.3) is 0 Å². The average Bonchev–Trinajstić information content (AvgIpc) is 2.67. The lowest BCUT2D eigenvalue weighted by atomic mass is 10.0. The molecular weight excluding hydrogens is 342 g/mol. The maximum absolute atomic E-state index is 3.59. The van der Waals surface area contributed by atoms with Gasteiger partial charge in [-0.2, -0.15) is 0 Å². The van der Waals surface area contributed by atoms with Gasteiger partial charge in [0.2, 0.25) is 0 Å². The van der Waals surface area contributed by atoms with Crippen molar-refractivity contribution in [3.63, 3.8) is 0 Å². The molecule has 0 amide bonds. The van der Waals surface area contributed by atoms with E-state index in [4.69, 9.17) is 0 Å². The first-order valence-electron chi connectivity index (χ1n) is 9.68. The molecule has 1 unspecified atom stereocenters. The molecule has 2 aromatic carbocycles. The molecule has 3 nitrogen and oxygen atoms in total. The third-order valence-corrected chi connectivity index (χ3v) is 5.65. The van der Waals surface area contributed by atoms with Gasteiger partial charge in [-0.15, -0.1) is 12.4 Å². The molecule has 2 aromatic rings. The summed E-state index contributed by atoms with van der Waals surface area (Å²) in [4.78, 5) is 5.20. The van der Waals surface area contributed by atoms with Crippen LogP contribution in [0.25, 0.3) is 0 Å². The van der Waals surface area contributed by atoms with Crippen LogP contribution in [-0.4, -0.2) is 38.8 Å². The average molecular weight is 372 g/mol. The summed E-state index contributed by atoms with van der Waals surface area (Å²) in [5, 5.41) is 3.59. The first-order valence-corrected chi connectivity index (χ1v) is 9.68. The molecule has 4 heteroatoms. The Labute approximate surface area is 163 Å². The molecule has 0 aromatic heterocycles. The predicted molar refractivity (Wildman–Crippen MR) is 114 cm³/mol. The highest BCUT2D eigenvalue weighted by atomic mass is 35.5. The summed E-state index contributed by atoms with van der Waals surface area (Å²) in [7, 11) is 0. The smallest absolute Gasteiger partial charge is 0.0431 e. The number of hydrogen-bond donors (Lipinski definition) is 1. The SMILES string of the molecule is Cc1ccc(N2CCNCC2CCN2CCCc3ccccc32)cc1.Cl. The van der Waals surface area contributed by atoms with Crippen LogP contribution >= 0.6 is 12.4 Å². The van der Waals surface area contributed by atoms with E-state index in [1.807, 2.05) is 0 Å². The van der Waals surface area contributed by atoms with Crippen molar-refractivity contribution in [1.29, 1.82) is 0 Å². The number of para-hydroxylation sites is 1. The van der Waals surface area contributed by atoms with Crippen LogP contribution in [0.2, 0.25) is 0 Å². The molecule has 26 heavy (non-hydrogen) atoms. The number of fused-ring (bicyclic) bond motifs is 1. The number of aryl methyl sites for hydroxylation is 2. The maximum atomic E-state index is 3.59. The third-order valence-electron chi connectivity index (χ3n) is 5.65. The molecule has 1 atom stereocenters. The van der Waals surface area contributed by atoms with Gasteiger partial charge >= 0.3 is 0 Å². The van der Waals surface area contributed by atoms with Gasteiger partial charge in [-0.25, -0.2) is 0 Å². The monoisotopic (exact) mass is 371 g/mol. The normalized spacial score (nSPS) is 19.7. The number of halogens is 1. The van der Waals surface area contributed by atoms with Crippen molar-refractivity contribution in [3.8, 4) is 0 Å². The minimum atomic E-state index is 0. The highest BCUT2D eigenvalue weighted by Crippen LogP contribution is 2.28. The van der Waals surface area contributed by atoms with Crippen LogP contribution in [0.3, 0.4) is 0 Å². The molecule has 0 spiro atoms. The van der Waals surface area contributed by atoms with E-state index in [1.54, 1.807) is 0 Å². The van der Waals surface area contributed by atoms with Crippen LogP contribution in [-0.2, 0) is 6.42 Å². The van der Waals surface area contributed by atoms with Gasteiger partial charge in [0.1, 0.15) is 0 Å². The Morgan fingerprint density at radius 1 is 1.04 bits per heavy atom. The Morgan fingerprint density at radius 3 is 2.69 bits per heavy atom. The number of rotatable bonds is 4. The van der Waals surface area contributed by atoms with Gasteiger partial charge in [0, 0.05) is 50.1 Å². The quantitative estimate of drug-likeness (QED) is 0.875. The maximum Gasteiger partial charge on any atom is 0.0431 e. The lowest BCUT2D eigenvalue weighted by Crippen LogP contribution is -2.52. The van der Waals surface area contributed by atoms with Crippen molar-refractivity contribution in [3.05, 3.63) is 59.7 Å². The molecule has 4 rings (SSSR count). The van der Waals surface area contributed by atoms with Crippen molar-refractivity contribution >= 4 is 23.8 Å². The lowest BCUT2D eigenvalue weighted by molar-refractivity contribution is 0.451. The largest absolute Gasteiger partial charge is 0.371 e. The van der Waals surface area contributed by atoms with Crippen LogP contribution in [0.1, 0.15) is 24.0 Å². The minimum absolute atomic E-state index is 0. The number of nitrogens with one attached hydrogen (secondary N) is 1. The standard InChI is InChI=1S/C22H29N3.ClH/c1-18-8-10-20(11-9-18)25-16-13-23-17-21(25)12-15-24-14-4-6-19-5-2-3-7-22(19)24;/h2-3,5,7-11,21,23H,4,6,12-17H2,1H3;1H. The highest BCUT2D eigenvalue weighted by Gasteiger charge is 2.24. The number of anilines is 2. The van der Waals surface area contributed by atoms with E-state index in [2.05, 4.69) is 70.6 Å². The van der Waals surface area contributed by atoms with E-state index in [9.17, 15) is 0 Å². The van der Waals surface area contributed by atoms with Crippen LogP contribution in [0.15, 0.2) is 48.5 Å². The van der Waals surface area contributed by atoms with E-state index in [0.717, 1.165) is 26.2 Å². The van der Waals surface area contributed by atoms with E-state index in [-0.39, 0.29) is 12.4 Å². The first kappa shape index (κ1) is 19.1. The Hall–Kier alpha value is -1.71. The van der Waals surface area contributed by atoms with Crippen molar-refractivity contribution in [2.45, 2.75) is 32.2 Å². The molecule has 0 bridgehead atoms. The van der Waals surface area contributed by atoms with Crippen LogP contribution < -0.4 is 15.1 Å². The summed E-state index contributed by atoms with van der Waals surface area (Å²) in [5.41, 5.74) is 5.68. The second-order valence-corrected chi connectivity index (χ2v) is 7.39. The van der Waals surface area contributed by atoms with Gasteiger partial charge in [0.15, 0.2) is 0 Å². The second-order valence-electron chi connectivity index (χ2n) is 7.39. The molecule has 140 valence electrons. The van der Waals surface area contributed by atoms with Crippen LogP contribution in [0.5, 0.6) is 0 Å². The number of nitrogens with zero attached hydrogens (tertiary/aromatic N) is 2. The molecule has 2 heterocycles. The molecule has 2 aliphatic rings. The van der Waals surface area contributed by atoms with Gasteiger partial charge in [-0.05, 0) is 49.9 Å². The summed E-state index contributed by atoms with van der Waals surface area (Å²) < 4.78 is 0. The van der Waals surface area contributed by atoms with E-state index >= 15 is 0 Å². The molecule has 1 N–H and O–H groups in total. The van der Waals surface area contributed by atoms with E-state index in [0.29, 0.717) is 6.04 Å². The van der Waals surface area contributed by atoms with Crippen LogP contribution in [0.4, 0.5) is 11.4 Å². The minimum Gasteiger partial charge on any atom is -0.371 e. The zero-order valence-corrected chi connectivity index (χ0v) is 16.5. The molecule has 1 saturated heterocycles. The van der Waals surface area contributed by atoms with Crippen molar-refractivity contribution < 1.29 is 0 Å². The fourth-order valence-electron chi connectivity index (χ4n) is 4.24. The van der Waals surface area contributed by atoms with Crippen molar-refractivity contribution in [1.82, 2.24) is 5.32 Å². The Bertz CT molecular complexity index is 701. The molecule has 0 aliphatic carbocycles. The van der Waals surface area contributed by atoms with E-state index < -0.39 is 0 Å². The Balaban J connectivity index is 0.00000196. The Morgan fingerprint density at radius 2 is 1.85 bits per heavy atom. The van der Waals surface area contributed by atoms with Gasteiger partial charge in [0.05, 0.1) is 0 Å². The predicted octanol–water partition coefficient (Wildman–Crippen LogP) is 4.04. The zero-order chi connectivity index (χ0) is 17.1. The molecule has 0 saturated carbocycles. The molecule has 2 aliphatic heterocycles. The topological polar surface area (TPSA) is 18.5 Å². The summed E-state index contributed by atoms with van der Waals surface area (Å²) in [6.45, 7) is 7.77. The summed E-state index contributed by atoms with van der Waals surface area (Å²) in [6, 6.07) is 18.5. The second kappa shape index (κ2) is 8.79. The zero-order valence-electron chi connectivity index (χ0n) is 15.7. The van der Waals surface area contributed by atoms with Gasteiger partial charge in [-0.1, -0.05) is 35.9 Å². The molecular formula is C22H30ClN3. The van der Waals surface area contributed by atoms with Crippen LogP contribution in [0, 0.1) is 6.92 Å². The van der Waals surface area contributed by atoms with Gasteiger partial charge in [-0.3, -0.25) is 0 Å². The fourth-order valence-corrected chi connectivity index (χ4v) is 4.24. The van der Waals surface area contributed by atoms with E-state index in [1.165, 1.54) is 48.3 Å². The number of hydrogen-bond acceptors (Lipinski definition) is 3. The van der Waals surface area contributed by atoms with Gasteiger partial charge < -0.3 is 15.1 Å². The summed E-state index contributed by atoms with van der Waals surface area (Å²) >= 11 is 0. The summed E-state index contributed by atoms with van der Waals surface area (Å²) in [5.74, 6) is 0. The molecule has 1 fully saturated rings. The molecule has 0 radical (unpaired) electrons. The van der Waals surface area contributed by atoms with Crippen molar-refractivity contribution in [2.75, 3.05) is 42.5 Å². The highest BCUT2D eigenvalue weighted by molar-refractivity contribution is 5.85. The number of benzene rings is 2. The fraction of sp³-hybridized carbons (Fsp3) is 0.455. The van der Waals surface area contributed by atoms with Crippen molar-refractivity contribution in [2.24, 2.45) is 0 Å². The Kier molecular flexibility index (Phi) is 6.44.